The Morgan fingerprint density at radius 3 is 2.61 bits per heavy atom. The Morgan fingerprint density at radius 2 is 2.00 bits per heavy atom. The molecule has 6 heteroatoms. The summed E-state index contributed by atoms with van der Waals surface area (Å²) in [6, 6.07) is 2.88. The van der Waals surface area contributed by atoms with Crippen molar-refractivity contribution in [1.82, 2.24) is 0 Å². The van der Waals surface area contributed by atoms with Gasteiger partial charge in [0.25, 0.3) is 0 Å². The maximum atomic E-state index is 12.1. The number of sulfone groups is 1. The van der Waals surface area contributed by atoms with E-state index in [2.05, 4.69) is 0 Å². The third-order valence-corrected chi connectivity index (χ3v) is 5.53. The number of carbonyl (C=O) groups is 1. The molecule has 1 heterocycles. The molecule has 0 bridgehead atoms. The minimum Gasteiger partial charge on any atom is -0.462 e. The average molecular weight is 289 g/mol. The summed E-state index contributed by atoms with van der Waals surface area (Å²) in [5.74, 6) is -0.492. The predicted octanol–water partition coefficient (Wildman–Crippen LogP) is 2.24. The van der Waals surface area contributed by atoms with Crippen LogP contribution < -0.4 is 0 Å². The molecule has 1 aliphatic heterocycles. The van der Waals surface area contributed by atoms with Crippen LogP contribution in [0.5, 0.6) is 0 Å². The van der Waals surface area contributed by atoms with Gasteiger partial charge in [0.15, 0.2) is 9.84 Å². The van der Waals surface area contributed by atoms with Crippen molar-refractivity contribution in [2.75, 3.05) is 6.61 Å². The molecule has 0 aliphatic carbocycles. The van der Waals surface area contributed by atoms with Crippen molar-refractivity contribution in [3.63, 3.8) is 0 Å². The van der Waals surface area contributed by atoms with E-state index in [0.29, 0.717) is 18.6 Å². The summed E-state index contributed by atoms with van der Waals surface area (Å²) in [6.45, 7) is 3.45. The van der Waals surface area contributed by atoms with E-state index in [1.54, 1.807) is 19.9 Å². The second-order valence-corrected chi connectivity index (χ2v) is 7.30. The molecule has 4 nitrogen and oxygen atoms in total. The number of fused-ring (bicyclic) bond motifs is 1. The molecule has 0 amide bonds. The molecule has 1 aromatic carbocycles. The highest BCUT2D eigenvalue weighted by molar-refractivity contribution is 7.92. The average Bonchev–Trinajstić information content (AvgIpc) is 2.28. The van der Waals surface area contributed by atoms with Gasteiger partial charge in [-0.3, -0.25) is 0 Å². The molecule has 18 heavy (non-hydrogen) atoms. The van der Waals surface area contributed by atoms with Crippen LogP contribution in [0.25, 0.3) is 0 Å². The summed E-state index contributed by atoms with van der Waals surface area (Å²) in [5.41, 5.74) is 1.03. The Hall–Kier alpha value is -1.07. The Morgan fingerprint density at radius 1 is 1.33 bits per heavy atom. The highest BCUT2D eigenvalue weighted by Gasteiger charge is 2.27. The van der Waals surface area contributed by atoms with Crippen LogP contribution in [0.3, 0.4) is 0 Å². The molecule has 98 valence electrons. The van der Waals surface area contributed by atoms with Gasteiger partial charge in [-0.2, -0.15) is 0 Å². The summed E-state index contributed by atoms with van der Waals surface area (Å²) in [6.07, 6.45) is 0.558. The van der Waals surface area contributed by atoms with Gasteiger partial charge in [-0.05, 0) is 31.5 Å². The fourth-order valence-electron chi connectivity index (χ4n) is 1.79. The highest BCUT2D eigenvalue weighted by atomic mass is 35.5. The van der Waals surface area contributed by atoms with Crippen molar-refractivity contribution in [3.8, 4) is 0 Å². The number of hydrogen-bond acceptors (Lipinski definition) is 4. The second-order valence-electron chi connectivity index (χ2n) is 4.42. The highest BCUT2D eigenvalue weighted by Crippen LogP contribution is 2.30. The van der Waals surface area contributed by atoms with Crippen LogP contribution >= 0.6 is 11.6 Å². The largest absolute Gasteiger partial charge is 0.462 e. The summed E-state index contributed by atoms with van der Waals surface area (Å²) >= 11 is 6.01. The Kier molecular flexibility index (Phi) is 3.38. The molecule has 1 aliphatic rings. The summed E-state index contributed by atoms with van der Waals surface area (Å²) in [5, 5.41) is -0.426. The van der Waals surface area contributed by atoms with Crippen LogP contribution in [0, 0.1) is 0 Å². The van der Waals surface area contributed by atoms with Crippen LogP contribution in [0.2, 0.25) is 5.02 Å². The first kappa shape index (κ1) is 13.4. The van der Waals surface area contributed by atoms with Crippen LogP contribution in [0.15, 0.2) is 17.0 Å². The molecular formula is C12H13ClO4S. The number of halogens is 1. The Labute approximate surface area is 111 Å². The van der Waals surface area contributed by atoms with Gasteiger partial charge in [0.1, 0.15) is 0 Å². The van der Waals surface area contributed by atoms with Crippen molar-refractivity contribution in [2.45, 2.75) is 30.4 Å². The van der Waals surface area contributed by atoms with Gasteiger partial charge >= 0.3 is 5.97 Å². The number of ether oxygens (including phenoxy) is 1. The zero-order chi connectivity index (χ0) is 13.5. The first-order valence-electron chi connectivity index (χ1n) is 5.57. The van der Waals surface area contributed by atoms with Crippen LogP contribution in [-0.4, -0.2) is 26.2 Å². The van der Waals surface area contributed by atoms with E-state index in [9.17, 15) is 13.2 Å². The monoisotopic (exact) mass is 288 g/mol. The lowest BCUT2D eigenvalue weighted by molar-refractivity contribution is 0.0480. The fourth-order valence-corrected chi connectivity index (χ4v) is 3.42. The normalized spacial score (nSPS) is 15.4. The predicted molar refractivity (Wildman–Crippen MR) is 67.8 cm³/mol. The van der Waals surface area contributed by atoms with Crippen LogP contribution in [-0.2, 0) is 21.0 Å². The Balaban J connectivity index is 2.65. The SMILES string of the molecule is CC(C)S(=O)(=O)c1cc2c(cc1Cl)CCOC2=O. The van der Waals surface area contributed by atoms with Crippen molar-refractivity contribution in [3.05, 3.63) is 28.3 Å². The molecule has 0 atom stereocenters. The number of hydrogen-bond donors (Lipinski definition) is 0. The van der Waals surface area contributed by atoms with Gasteiger partial charge in [-0.25, -0.2) is 13.2 Å². The minimum absolute atomic E-state index is 0.00299. The van der Waals surface area contributed by atoms with E-state index in [1.807, 2.05) is 0 Å². The quantitative estimate of drug-likeness (QED) is 0.783. The van der Waals surface area contributed by atoms with Gasteiger partial charge in [0.2, 0.25) is 0 Å². The van der Waals surface area contributed by atoms with E-state index >= 15 is 0 Å². The lowest BCUT2D eigenvalue weighted by Gasteiger charge is -2.18. The maximum Gasteiger partial charge on any atom is 0.338 e. The molecule has 0 saturated heterocycles. The number of benzene rings is 1. The second kappa shape index (κ2) is 4.55. The lowest BCUT2D eigenvalue weighted by atomic mass is 10.0. The topological polar surface area (TPSA) is 60.4 Å². The first-order chi connectivity index (χ1) is 8.34. The number of rotatable bonds is 2. The zero-order valence-corrected chi connectivity index (χ0v) is 11.6. The van der Waals surface area contributed by atoms with E-state index in [-0.39, 0.29) is 9.92 Å². The van der Waals surface area contributed by atoms with Gasteiger partial charge in [-0.1, -0.05) is 11.6 Å². The van der Waals surface area contributed by atoms with Gasteiger partial charge in [-0.15, -0.1) is 0 Å². The minimum atomic E-state index is -3.50. The molecule has 0 spiro atoms. The van der Waals surface area contributed by atoms with Crippen molar-refractivity contribution >= 4 is 27.4 Å². The molecule has 1 aromatic rings. The standard InChI is InChI=1S/C12H13ClO4S/c1-7(2)18(15,16)11-6-9-8(5-10(11)13)3-4-17-12(9)14/h5-7H,3-4H2,1-2H3. The maximum absolute atomic E-state index is 12.1. The van der Waals surface area contributed by atoms with E-state index < -0.39 is 21.1 Å². The number of carbonyl (C=O) groups excluding carboxylic acids is 1. The van der Waals surface area contributed by atoms with E-state index in [0.717, 1.165) is 5.56 Å². The molecule has 0 aromatic heterocycles. The third-order valence-electron chi connectivity index (χ3n) is 2.91. The smallest absolute Gasteiger partial charge is 0.338 e. The van der Waals surface area contributed by atoms with Gasteiger partial charge in [0, 0.05) is 6.42 Å². The number of cyclic esters (lactones) is 1. The number of esters is 1. The Bertz CT molecular complexity index is 605. The molecular weight excluding hydrogens is 276 g/mol. The van der Waals surface area contributed by atoms with E-state index in [4.69, 9.17) is 16.3 Å². The molecule has 0 N–H and O–H groups in total. The van der Waals surface area contributed by atoms with E-state index in [1.165, 1.54) is 6.07 Å². The lowest BCUT2D eigenvalue weighted by Crippen LogP contribution is -2.20. The van der Waals surface area contributed by atoms with Crippen LogP contribution in [0.1, 0.15) is 29.8 Å². The summed E-state index contributed by atoms with van der Waals surface area (Å²) in [4.78, 5) is 11.6. The van der Waals surface area contributed by atoms with Crippen molar-refractivity contribution in [2.24, 2.45) is 0 Å². The summed E-state index contributed by atoms with van der Waals surface area (Å²) < 4.78 is 29.1. The molecule has 0 fully saturated rings. The molecule has 0 unspecified atom stereocenters. The van der Waals surface area contributed by atoms with Gasteiger partial charge < -0.3 is 4.74 Å². The van der Waals surface area contributed by atoms with Gasteiger partial charge in [0.05, 0.1) is 27.3 Å². The van der Waals surface area contributed by atoms with Crippen LogP contribution in [0.4, 0.5) is 0 Å². The molecule has 0 radical (unpaired) electrons. The fraction of sp³-hybridized carbons (Fsp3) is 0.417. The third kappa shape index (κ3) is 2.12. The molecule has 2 rings (SSSR count). The van der Waals surface area contributed by atoms with Crippen molar-refractivity contribution < 1.29 is 17.9 Å². The molecule has 0 saturated carbocycles. The zero-order valence-electron chi connectivity index (χ0n) is 10.1. The summed E-state index contributed by atoms with van der Waals surface area (Å²) in [7, 11) is -3.50. The first-order valence-corrected chi connectivity index (χ1v) is 7.50. The van der Waals surface area contributed by atoms with Crippen molar-refractivity contribution in [1.29, 1.82) is 0 Å².